The Kier molecular flexibility index (Phi) is 5.81. The third kappa shape index (κ3) is 3.53. The number of hydrogen-bond acceptors (Lipinski definition) is 3. The summed E-state index contributed by atoms with van der Waals surface area (Å²) in [7, 11) is 0. The predicted molar refractivity (Wildman–Crippen MR) is 101 cm³/mol. The zero-order chi connectivity index (χ0) is 17.9. The molecule has 1 aromatic heterocycles. The molecule has 24 heavy (non-hydrogen) atoms. The molecule has 4 nitrogen and oxygen atoms in total. The van der Waals surface area contributed by atoms with Crippen molar-refractivity contribution in [2.45, 2.75) is 60.0 Å². The van der Waals surface area contributed by atoms with Crippen LogP contribution in [0.1, 0.15) is 51.7 Å². The third-order valence-corrected chi connectivity index (χ3v) is 4.63. The number of fused-ring (bicyclic) bond motifs is 1. The number of benzene rings is 1. The van der Waals surface area contributed by atoms with Crippen LogP contribution in [-0.2, 0) is 6.54 Å². The van der Waals surface area contributed by atoms with Gasteiger partial charge < -0.3 is 9.67 Å². The second-order valence-electron chi connectivity index (χ2n) is 6.81. The Morgan fingerprint density at radius 1 is 1.29 bits per heavy atom. The molecule has 1 N–H and O–H groups in total. The van der Waals surface area contributed by atoms with Crippen molar-refractivity contribution >= 4 is 17.1 Å². The molecule has 130 valence electrons. The molecule has 0 bridgehead atoms. The van der Waals surface area contributed by atoms with Crippen LogP contribution in [0.4, 0.5) is 0 Å². The number of para-hydroxylation sites is 1. The number of aromatic nitrogens is 1. The zero-order valence-corrected chi connectivity index (χ0v) is 15.3. The molecule has 0 aliphatic heterocycles. The number of rotatable bonds is 6. The van der Waals surface area contributed by atoms with E-state index >= 15 is 0 Å². The van der Waals surface area contributed by atoms with Crippen LogP contribution in [0.25, 0.3) is 10.9 Å². The van der Waals surface area contributed by atoms with Crippen molar-refractivity contribution in [2.24, 2.45) is 10.9 Å². The summed E-state index contributed by atoms with van der Waals surface area (Å²) in [4.78, 5) is 17.4. The number of hydrogen-bond donors (Lipinski definition) is 1. The van der Waals surface area contributed by atoms with Crippen molar-refractivity contribution in [3.63, 3.8) is 0 Å². The maximum atomic E-state index is 13.0. The number of aliphatic imine (C=N–C) groups is 1. The minimum absolute atomic E-state index is 0.0335. The Hall–Kier alpha value is -2.10. The first-order chi connectivity index (χ1) is 11.4. The highest BCUT2D eigenvalue weighted by Gasteiger charge is 2.16. The van der Waals surface area contributed by atoms with Gasteiger partial charge >= 0.3 is 0 Å². The van der Waals surface area contributed by atoms with Crippen LogP contribution in [0, 0.1) is 12.8 Å². The fourth-order valence-corrected chi connectivity index (χ4v) is 2.71. The van der Waals surface area contributed by atoms with Gasteiger partial charge in [0.25, 0.3) is 5.56 Å². The van der Waals surface area contributed by atoms with Gasteiger partial charge in [0.15, 0.2) is 0 Å². The summed E-state index contributed by atoms with van der Waals surface area (Å²) < 4.78 is 1.79. The SMILES string of the molecule is CCCCn1c(=O)c(C=NC(C)C(C)C)c(O)c2cccc(C)c21. The van der Waals surface area contributed by atoms with Crippen LogP contribution in [0.3, 0.4) is 0 Å². The summed E-state index contributed by atoms with van der Waals surface area (Å²) >= 11 is 0. The van der Waals surface area contributed by atoms with E-state index in [1.165, 1.54) is 0 Å². The Bertz CT molecular complexity index is 803. The monoisotopic (exact) mass is 328 g/mol. The van der Waals surface area contributed by atoms with E-state index < -0.39 is 0 Å². The molecule has 4 heteroatoms. The van der Waals surface area contributed by atoms with Crippen LogP contribution >= 0.6 is 0 Å². The normalized spacial score (nSPS) is 13.2. The molecular weight excluding hydrogens is 300 g/mol. The van der Waals surface area contributed by atoms with Crippen molar-refractivity contribution in [2.75, 3.05) is 0 Å². The molecular formula is C20H28N2O2. The van der Waals surface area contributed by atoms with Gasteiger partial charge in [-0.2, -0.15) is 0 Å². The van der Waals surface area contributed by atoms with Crippen molar-refractivity contribution in [3.05, 3.63) is 39.7 Å². The topological polar surface area (TPSA) is 54.6 Å². The first kappa shape index (κ1) is 18.2. The molecule has 0 fully saturated rings. The minimum Gasteiger partial charge on any atom is -0.506 e. The smallest absolute Gasteiger partial charge is 0.263 e. The minimum atomic E-state index is -0.164. The first-order valence-electron chi connectivity index (χ1n) is 8.76. The van der Waals surface area contributed by atoms with Gasteiger partial charge in [-0.05, 0) is 37.8 Å². The van der Waals surface area contributed by atoms with E-state index in [1.807, 2.05) is 32.0 Å². The van der Waals surface area contributed by atoms with Gasteiger partial charge in [0.1, 0.15) is 11.3 Å². The first-order valence-corrected chi connectivity index (χ1v) is 8.76. The van der Waals surface area contributed by atoms with Crippen LogP contribution in [-0.4, -0.2) is 21.9 Å². The van der Waals surface area contributed by atoms with Gasteiger partial charge in [-0.25, -0.2) is 0 Å². The highest BCUT2D eigenvalue weighted by atomic mass is 16.3. The quantitative estimate of drug-likeness (QED) is 0.805. The lowest BCUT2D eigenvalue weighted by molar-refractivity contribution is 0.476. The molecule has 1 heterocycles. The van der Waals surface area contributed by atoms with Crippen LogP contribution < -0.4 is 5.56 Å². The molecule has 0 radical (unpaired) electrons. The highest BCUT2D eigenvalue weighted by molar-refractivity contribution is 5.96. The Morgan fingerprint density at radius 2 is 2.00 bits per heavy atom. The van der Waals surface area contributed by atoms with Crippen LogP contribution in [0.15, 0.2) is 28.0 Å². The zero-order valence-electron chi connectivity index (χ0n) is 15.3. The van der Waals surface area contributed by atoms with Gasteiger partial charge in [0, 0.05) is 24.2 Å². The maximum Gasteiger partial charge on any atom is 0.263 e. The van der Waals surface area contributed by atoms with Gasteiger partial charge in [0.05, 0.1) is 5.52 Å². The molecule has 2 aromatic rings. The van der Waals surface area contributed by atoms with E-state index in [0.717, 1.165) is 23.9 Å². The average Bonchev–Trinajstić information content (AvgIpc) is 2.54. The predicted octanol–water partition coefficient (Wildman–Crippen LogP) is 4.28. The lowest BCUT2D eigenvalue weighted by Gasteiger charge is -2.16. The molecule has 0 spiro atoms. The molecule has 0 saturated heterocycles. The molecule has 2 rings (SSSR count). The summed E-state index contributed by atoms with van der Waals surface area (Å²) in [6.45, 7) is 10.9. The fraction of sp³-hybridized carbons (Fsp3) is 0.500. The summed E-state index contributed by atoms with van der Waals surface area (Å²) in [6.07, 6.45) is 3.48. The van der Waals surface area contributed by atoms with Gasteiger partial charge in [-0.1, -0.05) is 39.3 Å². The fourth-order valence-electron chi connectivity index (χ4n) is 2.71. The highest BCUT2D eigenvalue weighted by Crippen LogP contribution is 2.28. The van der Waals surface area contributed by atoms with Crippen molar-refractivity contribution < 1.29 is 5.11 Å². The number of aryl methyl sites for hydroxylation is 2. The number of nitrogens with zero attached hydrogens (tertiary/aromatic N) is 2. The van der Waals surface area contributed by atoms with E-state index in [2.05, 4.69) is 25.8 Å². The standard InChI is InChI=1S/C20H28N2O2/c1-6-7-11-22-18-14(4)9-8-10-16(18)19(23)17(20(22)24)12-21-15(5)13(2)3/h8-10,12-13,15,23H,6-7,11H2,1-5H3. The Morgan fingerprint density at radius 3 is 2.62 bits per heavy atom. The molecule has 1 aromatic carbocycles. The van der Waals surface area contributed by atoms with Crippen molar-refractivity contribution in [1.29, 1.82) is 0 Å². The summed E-state index contributed by atoms with van der Waals surface area (Å²) in [6, 6.07) is 5.84. The maximum absolute atomic E-state index is 13.0. The van der Waals surface area contributed by atoms with Crippen LogP contribution in [0.5, 0.6) is 5.75 Å². The molecule has 0 aliphatic carbocycles. The summed E-state index contributed by atoms with van der Waals surface area (Å²) in [5.41, 5.74) is 1.94. The Labute approximate surface area is 143 Å². The van der Waals surface area contributed by atoms with E-state index in [-0.39, 0.29) is 22.9 Å². The van der Waals surface area contributed by atoms with Crippen molar-refractivity contribution in [3.8, 4) is 5.75 Å². The van der Waals surface area contributed by atoms with E-state index in [1.54, 1.807) is 10.8 Å². The van der Waals surface area contributed by atoms with E-state index in [4.69, 9.17) is 0 Å². The van der Waals surface area contributed by atoms with E-state index in [0.29, 0.717) is 17.8 Å². The lowest BCUT2D eigenvalue weighted by Crippen LogP contribution is -2.25. The summed E-state index contributed by atoms with van der Waals surface area (Å²) in [5.74, 6) is 0.416. The lowest BCUT2D eigenvalue weighted by atomic mass is 10.1. The molecule has 0 aliphatic rings. The van der Waals surface area contributed by atoms with E-state index in [9.17, 15) is 9.90 Å². The second-order valence-corrected chi connectivity index (χ2v) is 6.81. The van der Waals surface area contributed by atoms with Gasteiger partial charge in [0.2, 0.25) is 0 Å². The van der Waals surface area contributed by atoms with Crippen molar-refractivity contribution in [1.82, 2.24) is 4.57 Å². The average molecular weight is 328 g/mol. The Balaban J connectivity index is 2.70. The molecule has 1 atom stereocenters. The number of unbranched alkanes of at least 4 members (excludes halogenated alkanes) is 1. The molecule has 0 saturated carbocycles. The van der Waals surface area contributed by atoms with Gasteiger partial charge in [-0.3, -0.25) is 9.79 Å². The summed E-state index contributed by atoms with van der Waals surface area (Å²) in [5, 5.41) is 11.4. The van der Waals surface area contributed by atoms with Gasteiger partial charge in [-0.15, -0.1) is 0 Å². The number of pyridine rings is 1. The second kappa shape index (κ2) is 7.65. The largest absolute Gasteiger partial charge is 0.506 e. The molecule has 0 amide bonds. The molecule has 1 unspecified atom stereocenters. The third-order valence-electron chi connectivity index (χ3n) is 4.63. The van der Waals surface area contributed by atoms with Crippen LogP contribution in [0.2, 0.25) is 0 Å². The number of aromatic hydroxyl groups is 1.